The number of carbonyl (C=O) groups excluding carboxylic acids is 1. The van der Waals surface area contributed by atoms with Crippen LogP contribution in [-0.2, 0) is 0 Å². The maximum atomic E-state index is 12.9. The van der Waals surface area contributed by atoms with Gasteiger partial charge in [0.15, 0.2) is 5.78 Å². The van der Waals surface area contributed by atoms with E-state index in [2.05, 4.69) is 0 Å². The van der Waals surface area contributed by atoms with Gasteiger partial charge in [0, 0.05) is 33.4 Å². The van der Waals surface area contributed by atoms with E-state index in [0.29, 0.717) is 22.3 Å². The van der Waals surface area contributed by atoms with Crippen molar-refractivity contribution in [3.8, 4) is 45.3 Å². The van der Waals surface area contributed by atoms with Crippen LogP contribution in [0.3, 0.4) is 0 Å². The quantitative estimate of drug-likeness (QED) is 0.360. The highest BCUT2D eigenvalue weighted by molar-refractivity contribution is 6.10. The molecule has 0 saturated heterocycles. The smallest absolute Gasteiger partial charge is 0.193 e. The van der Waals surface area contributed by atoms with Gasteiger partial charge in [-0.05, 0) is 36.4 Å². The molecule has 0 aliphatic carbocycles. The molecule has 4 aromatic carbocycles. The second kappa shape index (κ2) is 7.64. The zero-order valence-corrected chi connectivity index (χ0v) is 15.8. The number of carbonyl (C=O) groups is 1. The second-order valence-electron chi connectivity index (χ2n) is 6.83. The Morgan fingerprint density at radius 2 is 0.833 bits per heavy atom. The van der Waals surface area contributed by atoms with E-state index in [1.54, 1.807) is 60.7 Å². The van der Waals surface area contributed by atoms with Crippen LogP contribution in [0.1, 0.15) is 15.9 Å². The van der Waals surface area contributed by atoms with E-state index in [-0.39, 0.29) is 39.9 Å². The van der Waals surface area contributed by atoms with Crippen LogP contribution in [0.4, 0.5) is 0 Å². The van der Waals surface area contributed by atoms with Gasteiger partial charge in [0.2, 0.25) is 0 Å². The molecule has 0 aromatic heterocycles. The van der Waals surface area contributed by atoms with E-state index >= 15 is 0 Å². The first-order chi connectivity index (χ1) is 14.5. The van der Waals surface area contributed by atoms with E-state index in [0.717, 1.165) is 0 Å². The summed E-state index contributed by atoms with van der Waals surface area (Å²) >= 11 is 0. The van der Waals surface area contributed by atoms with Gasteiger partial charge in [-0.2, -0.15) is 0 Å². The number of hydrogen-bond acceptors (Lipinski definition) is 5. The van der Waals surface area contributed by atoms with Gasteiger partial charge >= 0.3 is 0 Å². The van der Waals surface area contributed by atoms with Crippen molar-refractivity contribution in [2.75, 3.05) is 0 Å². The van der Waals surface area contributed by atoms with Crippen molar-refractivity contribution in [2.45, 2.75) is 0 Å². The van der Waals surface area contributed by atoms with Gasteiger partial charge in [-0.15, -0.1) is 0 Å². The first-order valence-corrected chi connectivity index (χ1v) is 9.23. The van der Waals surface area contributed by atoms with E-state index in [1.807, 2.05) is 0 Å². The Balaban J connectivity index is 1.67. The fourth-order valence-corrected chi connectivity index (χ4v) is 3.37. The van der Waals surface area contributed by atoms with Gasteiger partial charge in [0.25, 0.3) is 0 Å². The lowest BCUT2D eigenvalue weighted by atomic mass is 9.96. The minimum Gasteiger partial charge on any atom is -0.507 e. The maximum Gasteiger partial charge on any atom is 0.193 e. The fraction of sp³-hybridized carbons (Fsp3) is 0. The highest BCUT2D eigenvalue weighted by Gasteiger charge is 2.16. The average Bonchev–Trinajstić information content (AvgIpc) is 2.74. The summed E-state index contributed by atoms with van der Waals surface area (Å²) in [6, 6.07) is 22.1. The Morgan fingerprint density at radius 1 is 0.467 bits per heavy atom. The van der Waals surface area contributed by atoms with E-state index in [4.69, 9.17) is 0 Å². The molecule has 0 heterocycles. The Bertz CT molecular complexity index is 1160. The molecule has 0 atom stereocenters. The molecule has 5 nitrogen and oxygen atoms in total. The topological polar surface area (TPSA) is 98.0 Å². The summed E-state index contributed by atoms with van der Waals surface area (Å²) in [6.07, 6.45) is 0. The normalized spacial score (nSPS) is 10.7. The molecular formula is C25H18O5. The first kappa shape index (κ1) is 19.1. The molecule has 148 valence electrons. The Hall–Kier alpha value is -4.25. The summed E-state index contributed by atoms with van der Waals surface area (Å²) in [5.74, 6) is -0.615. The maximum absolute atomic E-state index is 12.9. The molecule has 0 aliphatic heterocycles. The number of phenols is 4. The second-order valence-corrected chi connectivity index (χ2v) is 6.83. The lowest BCUT2D eigenvalue weighted by Crippen LogP contribution is -2.01. The average molecular weight is 398 g/mol. The minimum atomic E-state index is -0.381. The molecule has 4 aromatic rings. The SMILES string of the molecule is O=C(c1ccc(-c2ccccc2O)c(O)c1)c1ccc(-c2ccccc2O)c(O)c1. The summed E-state index contributed by atoms with van der Waals surface area (Å²) in [5, 5.41) is 40.8. The van der Waals surface area contributed by atoms with E-state index in [9.17, 15) is 25.2 Å². The van der Waals surface area contributed by atoms with Crippen LogP contribution in [0, 0.1) is 0 Å². The molecular weight excluding hydrogens is 380 g/mol. The standard InChI is InChI=1S/C25H18O5/c26-21-7-3-1-5-17(21)19-11-9-15(13-23(19)28)25(30)16-10-12-20(24(29)14-16)18-6-2-4-8-22(18)27/h1-14,26-29H. The Kier molecular flexibility index (Phi) is 4.86. The predicted octanol–water partition coefficient (Wildman–Crippen LogP) is 5.07. The molecule has 5 heteroatoms. The summed E-state index contributed by atoms with van der Waals surface area (Å²) in [5.41, 5.74) is 2.20. The summed E-state index contributed by atoms with van der Waals surface area (Å²) in [4.78, 5) is 12.9. The van der Waals surface area contributed by atoms with E-state index in [1.165, 1.54) is 24.3 Å². The number of rotatable bonds is 4. The molecule has 30 heavy (non-hydrogen) atoms. The van der Waals surface area contributed by atoms with Gasteiger partial charge in [-0.3, -0.25) is 4.79 Å². The van der Waals surface area contributed by atoms with Crippen molar-refractivity contribution >= 4 is 5.78 Å². The molecule has 0 radical (unpaired) electrons. The molecule has 0 amide bonds. The third-order valence-electron chi connectivity index (χ3n) is 4.91. The van der Waals surface area contributed by atoms with Crippen molar-refractivity contribution in [1.82, 2.24) is 0 Å². The van der Waals surface area contributed by atoms with Crippen LogP contribution in [0.25, 0.3) is 22.3 Å². The van der Waals surface area contributed by atoms with Crippen molar-refractivity contribution in [3.05, 3.63) is 96.1 Å². The Labute approximate surface area is 172 Å². The van der Waals surface area contributed by atoms with Crippen molar-refractivity contribution in [3.63, 3.8) is 0 Å². The summed E-state index contributed by atoms with van der Waals surface area (Å²) in [7, 11) is 0. The minimum absolute atomic E-state index is 0.0246. The molecule has 4 N–H and O–H groups in total. The number of phenolic OH excluding ortho intramolecular Hbond substituents is 4. The third kappa shape index (κ3) is 3.44. The highest BCUT2D eigenvalue weighted by atomic mass is 16.3. The number of ketones is 1. The largest absolute Gasteiger partial charge is 0.507 e. The molecule has 0 fully saturated rings. The zero-order valence-electron chi connectivity index (χ0n) is 15.8. The van der Waals surface area contributed by atoms with E-state index < -0.39 is 0 Å². The third-order valence-corrected chi connectivity index (χ3v) is 4.91. The molecule has 4 rings (SSSR count). The van der Waals surface area contributed by atoms with Gasteiger partial charge in [0.1, 0.15) is 23.0 Å². The van der Waals surface area contributed by atoms with Crippen LogP contribution >= 0.6 is 0 Å². The zero-order chi connectivity index (χ0) is 21.3. The molecule has 0 unspecified atom stereocenters. The van der Waals surface area contributed by atoms with Crippen molar-refractivity contribution in [1.29, 1.82) is 0 Å². The monoisotopic (exact) mass is 398 g/mol. The first-order valence-electron chi connectivity index (χ1n) is 9.23. The van der Waals surface area contributed by atoms with Crippen molar-refractivity contribution < 1.29 is 25.2 Å². The number of aromatic hydroxyl groups is 4. The predicted molar refractivity (Wildman–Crippen MR) is 114 cm³/mol. The number of para-hydroxylation sites is 2. The molecule has 0 aliphatic rings. The van der Waals surface area contributed by atoms with Crippen LogP contribution in [0.2, 0.25) is 0 Å². The van der Waals surface area contributed by atoms with Crippen LogP contribution in [0.15, 0.2) is 84.9 Å². The number of hydrogen-bond donors (Lipinski definition) is 4. The van der Waals surface area contributed by atoms with Crippen molar-refractivity contribution in [2.24, 2.45) is 0 Å². The van der Waals surface area contributed by atoms with Crippen LogP contribution < -0.4 is 0 Å². The molecule has 0 spiro atoms. The lowest BCUT2D eigenvalue weighted by Gasteiger charge is -2.11. The lowest BCUT2D eigenvalue weighted by molar-refractivity contribution is 0.103. The van der Waals surface area contributed by atoms with Crippen LogP contribution in [-0.4, -0.2) is 26.2 Å². The number of benzene rings is 4. The summed E-state index contributed by atoms with van der Waals surface area (Å²) in [6.45, 7) is 0. The molecule has 0 saturated carbocycles. The molecule has 0 bridgehead atoms. The fourth-order valence-electron chi connectivity index (χ4n) is 3.37. The van der Waals surface area contributed by atoms with Gasteiger partial charge in [-0.1, -0.05) is 48.5 Å². The van der Waals surface area contributed by atoms with Gasteiger partial charge in [-0.25, -0.2) is 0 Å². The Morgan fingerprint density at radius 3 is 1.20 bits per heavy atom. The van der Waals surface area contributed by atoms with Crippen LogP contribution in [0.5, 0.6) is 23.0 Å². The van der Waals surface area contributed by atoms with Gasteiger partial charge < -0.3 is 20.4 Å². The summed E-state index contributed by atoms with van der Waals surface area (Å²) < 4.78 is 0. The van der Waals surface area contributed by atoms with Gasteiger partial charge in [0.05, 0.1) is 0 Å². The highest BCUT2D eigenvalue weighted by Crippen LogP contribution is 2.37.